The number of likely N-dealkylation sites (N-methyl/N-ethyl adjacent to an activating group) is 1. The van der Waals surface area contributed by atoms with Crippen molar-refractivity contribution in [2.75, 3.05) is 20.6 Å². The number of aromatic amines is 1. The Morgan fingerprint density at radius 1 is 1.10 bits per heavy atom. The molecule has 2 bridgehead atoms. The molecule has 2 aromatic carbocycles. The van der Waals surface area contributed by atoms with E-state index in [0.717, 1.165) is 22.0 Å². The van der Waals surface area contributed by atoms with Crippen molar-refractivity contribution in [2.24, 2.45) is 5.92 Å². The molecule has 3 aliphatic rings. The third kappa shape index (κ3) is 6.00. The number of benzene rings is 2. The molecule has 3 aromatic rings. The van der Waals surface area contributed by atoms with Crippen molar-refractivity contribution in [1.29, 1.82) is 0 Å². The van der Waals surface area contributed by atoms with Gasteiger partial charge in [0, 0.05) is 36.3 Å². The Bertz CT molecular complexity index is 1430. The van der Waals surface area contributed by atoms with E-state index in [0.29, 0.717) is 31.6 Å². The Morgan fingerprint density at radius 3 is 2.59 bits per heavy atom. The standard InChI is InChI=1S/C32H39N5O4/c1-5-20(2)28-30(38)33-16-14-21-10-12-23(13-11-21)41-27-15-17-37(29(27)31(39)35-28)32(40)26(36(3)4)18-22-19-34-25-9-7-6-8-24(22)25/h6-14,16,19-20,26-29,34H,5,15,17-18H2,1-4H3,(H,33,38)(H,35,39)/b16-14-/t20?,26?,27-,28-,29?/m0/s1. The van der Waals surface area contributed by atoms with Crippen LogP contribution in [0.2, 0.25) is 0 Å². The minimum atomic E-state index is -0.884. The molecule has 3 aliphatic heterocycles. The molecule has 1 aromatic heterocycles. The molecule has 0 spiro atoms. The number of ether oxygens (including phenoxy) is 1. The van der Waals surface area contributed by atoms with E-state index in [1.54, 1.807) is 17.2 Å². The number of carbonyl (C=O) groups excluding carboxylic acids is 3. The normalized spacial score (nSPS) is 23.3. The van der Waals surface area contributed by atoms with E-state index in [2.05, 4.69) is 15.6 Å². The van der Waals surface area contributed by atoms with Crippen LogP contribution in [0.15, 0.2) is 60.9 Å². The molecule has 0 saturated carbocycles. The van der Waals surface area contributed by atoms with Crippen LogP contribution in [0.3, 0.4) is 0 Å². The largest absolute Gasteiger partial charge is 0.488 e. The molecule has 9 heteroatoms. The van der Waals surface area contributed by atoms with Crippen LogP contribution in [-0.2, 0) is 20.8 Å². The highest BCUT2D eigenvalue weighted by atomic mass is 16.5. The first-order valence-electron chi connectivity index (χ1n) is 14.3. The summed E-state index contributed by atoms with van der Waals surface area (Å²) >= 11 is 0. The maximum Gasteiger partial charge on any atom is 0.247 e. The SMILES string of the molecule is CCC(C)[C@@H]1NC(=O)C2[C@H](CCN2C(=O)C(Cc2c[nH]c3ccccc23)N(C)C)Oc2ccc(cc2)/C=C\NC1=O. The third-order valence-electron chi connectivity index (χ3n) is 8.35. The Hall–Kier alpha value is -4.11. The Balaban J connectivity index is 1.47. The first-order chi connectivity index (χ1) is 19.8. The van der Waals surface area contributed by atoms with E-state index < -0.39 is 24.2 Å². The van der Waals surface area contributed by atoms with Gasteiger partial charge in [-0.3, -0.25) is 19.3 Å². The minimum Gasteiger partial charge on any atom is -0.488 e. The number of amides is 3. The lowest BCUT2D eigenvalue weighted by Crippen LogP contribution is -2.59. The summed E-state index contributed by atoms with van der Waals surface area (Å²) in [5, 5.41) is 6.87. The second-order valence-corrected chi connectivity index (χ2v) is 11.2. The minimum absolute atomic E-state index is 0.111. The summed E-state index contributed by atoms with van der Waals surface area (Å²) < 4.78 is 6.34. The van der Waals surface area contributed by atoms with Crippen LogP contribution in [0.5, 0.6) is 5.75 Å². The van der Waals surface area contributed by atoms with Gasteiger partial charge in [0.15, 0.2) is 0 Å². The number of nitrogens with zero attached hydrogens (tertiary/aromatic N) is 2. The number of hydrogen-bond donors (Lipinski definition) is 3. The summed E-state index contributed by atoms with van der Waals surface area (Å²) in [5.74, 6) is -0.308. The van der Waals surface area contributed by atoms with E-state index >= 15 is 0 Å². The van der Waals surface area contributed by atoms with Crippen molar-refractivity contribution in [1.82, 2.24) is 25.4 Å². The summed E-state index contributed by atoms with van der Waals surface area (Å²) in [4.78, 5) is 48.2. The van der Waals surface area contributed by atoms with E-state index in [1.165, 1.54) is 0 Å². The predicted molar refractivity (Wildman–Crippen MR) is 159 cm³/mol. The first-order valence-corrected chi connectivity index (χ1v) is 14.3. The lowest BCUT2D eigenvalue weighted by molar-refractivity contribution is -0.144. The lowest BCUT2D eigenvalue weighted by atomic mass is 9.97. The van der Waals surface area contributed by atoms with Crippen LogP contribution >= 0.6 is 0 Å². The van der Waals surface area contributed by atoms with Crippen LogP contribution in [-0.4, -0.2) is 77.4 Å². The van der Waals surface area contributed by atoms with Gasteiger partial charge in [-0.2, -0.15) is 0 Å². The van der Waals surface area contributed by atoms with Crippen LogP contribution in [0, 0.1) is 5.92 Å². The third-order valence-corrected chi connectivity index (χ3v) is 8.35. The van der Waals surface area contributed by atoms with Crippen LogP contribution in [0.1, 0.15) is 37.8 Å². The number of carbonyl (C=O) groups is 3. The zero-order valence-electron chi connectivity index (χ0n) is 24.1. The molecule has 5 atom stereocenters. The van der Waals surface area contributed by atoms with Gasteiger partial charge in [0.1, 0.15) is 23.9 Å². The average Bonchev–Trinajstić information content (AvgIpc) is 3.58. The number of aromatic nitrogens is 1. The first kappa shape index (κ1) is 28.4. The van der Waals surface area contributed by atoms with Crippen LogP contribution in [0.25, 0.3) is 17.0 Å². The number of rotatable bonds is 6. The molecule has 41 heavy (non-hydrogen) atoms. The van der Waals surface area contributed by atoms with Crippen molar-refractivity contribution >= 4 is 34.7 Å². The summed E-state index contributed by atoms with van der Waals surface area (Å²) in [6, 6.07) is 13.4. The molecule has 3 amide bonds. The van der Waals surface area contributed by atoms with Gasteiger partial charge in [0.05, 0.1) is 6.04 Å². The zero-order valence-corrected chi connectivity index (χ0v) is 24.1. The summed E-state index contributed by atoms with van der Waals surface area (Å²) in [7, 11) is 3.76. The van der Waals surface area contributed by atoms with Crippen molar-refractivity contribution < 1.29 is 19.1 Å². The topological polar surface area (TPSA) is 107 Å². The fraction of sp³-hybridized carbons (Fsp3) is 0.406. The van der Waals surface area contributed by atoms with Crippen molar-refractivity contribution in [3.8, 4) is 5.75 Å². The van der Waals surface area contributed by atoms with Gasteiger partial charge in [-0.05, 0) is 61.8 Å². The highest BCUT2D eigenvalue weighted by Gasteiger charge is 2.46. The molecular formula is C32H39N5O4. The molecule has 0 radical (unpaired) electrons. The fourth-order valence-electron chi connectivity index (χ4n) is 5.72. The fourth-order valence-corrected chi connectivity index (χ4v) is 5.72. The average molecular weight is 558 g/mol. The van der Waals surface area contributed by atoms with Gasteiger partial charge in [-0.15, -0.1) is 0 Å². The van der Waals surface area contributed by atoms with Gasteiger partial charge >= 0.3 is 0 Å². The second-order valence-electron chi connectivity index (χ2n) is 11.2. The molecule has 1 fully saturated rings. The van der Waals surface area contributed by atoms with Gasteiger partial charge in [-0.1, -0.05) is 50.6 Å². The molecular weight excluding hydrogens is 518 g/mol. The molecule has 216 valence electrons. The molecule has 4 heterocycles. The van der Waals surface area contributed by atoms with E-state index in [4.69, 9.17) is 4.74 Å². The molecule has 3 unspecified atom stereocenters. The molecule has 0 aliphatic carbocycles. The maximum absolute atomic E-state index is 14.2. The number of H-pyrrole nitrogens is 1. The maximum atomic E-state index is 14.2. The number of hydrogen-bond acceptors (Lipinski definition) is 5. The van der Waals surface area contributed by atoms with Gasteiger partial charge in [-0.25, -0.2) is 0 Å². The van der Waals surface area contributed by atoms with E-state index in [9.17, 15) is 14.4 Å². The predicted octanol–water partition coefficient (Wildman–Crippen LogP) is 3.32. The molecule has 6 rings (SSSR count). The highest BCUT2D eigenvalue weighted by molar-refractivity contribution is 5.95. The van der Waals surface area contributed by atoms with Crippen molar-refractivity contribution in [3.63, 3.8) is 0 Å². The van der Waals surface area contributed by atoms with Crippen molar-refractivity contribution in [3.05, 3.63) is 72.1 Å². The molecule has 1 saturated heterocycles. The monoisotopic (exact) mass is 557 g/mol. The second kappa shape index (κ2) is 12.2. The van der Waals surface area contributed by atoms with Gasteiger partial charge < -0.3 is 25.3 Å². The van der Waals surface area contributed by atoms with Gasteiger partial charge in [0.25, 0.3) is 0 Å². The number of nitrogens with one attached hydrogen (secondary N) is 3. The Kier molecular flexibility index (Phi) is 8.44. The highest BCUT2D eigenvalue weighted by Crippen LogP contribution is 2.28. The van der Waals surface area contributed by atoms with Crippen LogP contribution < -0.4 is 15.4 Å². The van der Waals surface area contributed by atoms with Crippen molar-refractivity contribution in [2.45, 2.75) is 57.3 Å². The summed E-state index contributed by atoms with van der Waals surface area (Å²) in [6.07, 6.45) is 6.47. The Labute approximate surface area is 240 Å². The quantitative estimate of drug-likeness (QED) is 0.431. The number of likely N-dealkylation sites (tertiary alicyclic amines) is 1. The van der Waals surface area contributed by atoms with E-state index in [1.807, 2.05) is 87.6 Å². The van der Waals surface area contributed by atoms with Crippen LogP contribution in [0.4, 0.5) is 0 Å². The van der Waals surface area contributed by atoms with E-state index in [-0.39, 0.29) is 23.6 Å². The molecule has 3 N–H and O–H groups in total. The smallest absolute Gasteiger partial charge is 0.247 e. The number of para-hydroxylation sites is 1. The van der Waals surface area contributed by atoms with Gasteiger partial charge in [0.2, 0.25) is 17.7 Å². The lowest BCUT2D eigenvalue weighted by Gasteiger charge is -2.34. The zero-order chi connectivity index (χ0) is 29.1. The Morgan fingerprint density at radius 2 is 1.85 bits per heavy atom. The summed E-state index contributed by atoms with van der Waals surface area (Å²) in [6.45, 7) is 4.29. The summed E-state index contributed by atoms with van der Waals surface area (Å²) in [5.41, 5.74) is 2.96. The number of fused-ring (bicyclic) bond motifs is 8. The molecule has 9 nitrogen and oxygen atoms in total.